The van der Waals surface area contributed by atoms with Crippen LogP contribution in [-0.2, 0) is 9.59 Å². The Kier molecular flexibility index (Phi) is 8.43. The maximum absolute atomic E-state index is 14.1. The third-order valence-corrected chi connectivity index (χ3v) is 8.30. The van der Waals surface area contributed by atoms with Gasteiger partial charge in [0.05, 0.1) is 0 Å². The molecule has 2 amide bonds. The van der Waals surface area contributed by atoms with E-state index in [1.807, 2.05) is 54.8 Å². The zero-order valence-corrected chi connectivity index (χ0v) is 24.5. The molecule has 2 N–H and O–H groups in total. The minimum atomic E-state index is -0.552. The second-order valence-corrected chi connectivity index (χ2v) is 12.7. The fraction of sp³-hybridized carbons (Fsp3) is 0.548. The van der Waals surface area contributed by atoms with Crippen LogP contribution in [-0.4, -0.2) is 60.4 Å². The van der Waals surface area contributed by atoms with Crippen LogP contribution < -0.4 is 10.6 Å². The molecular weight excluding hydrogens is 496 g/mol. The number of aryl methyl sites for hydroxylation is 1. The van der Waals surface area contributed by atoms with Crippen LogP contribution in [0.1, 0.15) is 69.7 Å². The van der Waals surface area contributed by atoms with E-state index in [1.165, 1.54) is 11.1 Å². The first-order valence-corrected chi connectivity index (χ1v) is 14.2. The van der Waals surface area contributed by atoms with Crippen molar-refractivity contribution in [3.63, 3.8) is 0 Å². The Labute approximate surface area is 233 Å². The van der Waals surface area contributed by atoms with Crippen LogP contribution in [0.3, 0.4) is 0 Å². The van der Waals surface area contributed by atoms with Gasteiger partial charge in [-0.3, -0.25) is 9.59 Å². The van der Waals surface area contributed by atoms with Crippen LogP contribution in [0.25, 0.3) is 0 Å². The molecule has 0 radical (unpaired) electrons. The number of likely N-dealkylation sites (tertiary alicyclic amines) is 1. The summed E-state index contributed by atoms with van der Waals surface area (Å²) in [5.74, 6) is 0.356. The molecule has 2 saturated heterocycles. The van der Waals surface area contributed by atoms with Gasteiger partial charge in [0.2, 0.25) is 11.8 Å². The normalized spacial score (nSPS) is 21.2. The van der Waals surface area contributed by atoms with E-state index in [-0.39, 0.29) is 23.8 Å². The lowest BCUT2D eigenvalue weighted by Gasteiger charge is -2.41. The highest BCUT2D eigenvalue weighted by Gasteiger charge is 2.46. The van der Waals surface area contributed by atoms with Crippen molar-refractivity contribution in [3.8, 4) is 0 Å². The van der Waals surface area contributed by atoms with Gasteiger partial charge in [0.15, 0.2) is 0 Å². The number of rotatable bonds is 5. The number of carbonyl (C=O) groups excluding carboxylic acids is 2. The molecular formula is C31H43ClN4O2. The topological polar surface area (TPSA) is 69.9 Å². The standard InChI is InChI=1S/C31H43ClN4O2/c1-20(2)27(33)25-19-21(3)7-12-26(25)34-15-17-35(18-16-34)29(37)28-24(22-8-10-23(32)11-9-22)13-14-36(28)30(38)31(4,5)6/h7-12,19-20,24,27-28H,13-18,33H2,1-6H3/t24-,27+,28-/m1/s1. The summed E-state index contributed by atoms with van der Waals surface area (Å²) < 4.78 is 0. The highest BCUT2D eigenvalue weighted by molar-refractivity contribution is 6.30. The molecule has 38 heavy (non-hydrogen) atoms. The van der Waals surface area contributed by atoms with Gasteiger partial charge in [-0.15, -0.1) is 0 Å². The summed E-state index contributed by atoms with van der Waals surface area (Å²) >= 11 is 6.15. The van der Waals surface area contributed by atoms with E-state index in [4.69, 9.17) is 17.3 Å². The van der Waals surface area contributed by atoms with E-state index in [0.29, 0.717) is 30.6 Å². The molecule has 3 atom stereocenters. The number of amides is 2. The zero-order valence-electron chi connectivity index (χ0n) is 23.7. The molecule has 2 aliphatic heterocycles. The lowest BCUT2D eigenvalue weighted by molar-refractivity contribution is -0.148. The van der Waals surface area contributed by atoms with Gasteiger partial charge < -0.3 is 20.4 Å². The van der Waals surface area contributed by atoms with E-state index in [1.54, 1.807) is 0 Å². The first kappa shape index (κ1) is 28.4. The summed E-state index contributed by atoms with van der Waals surface area (Å²) in [7, 11) is 0. The smallest absolute Gasteiger partial charge is 0.246 e. The predicted molar refractivity (Wildman–Crippen MR) is 156 cm³/mol. The number of halogens is 1. The lowest BCUT2D eigenvalue weighted by atomic mass is 9.89. The number of anilines is 1. The maximum Gasteiger partial charge on any atom is 0.246 e. The molecule has 0 aromatic heterocycles. The van der Waals surface area contributed by atoms with Gasteiger partial charge in [-0.2, -0.15) is 0 Å². The van der Waals surface area contributed by atoms with Crippen molar-refractivity contribution >= 4 is 29.1 Å². The fourth-order valence-corrected chi connectivity index (χ4v) is 5.88. The molecule has 206 valence electrons. The van der Waals surface area contributed by atoms with Crippen molar-refractivity contribution in [2.75, 3.05) is 37.6 Å². The quantitative estimate of drug-likeness (QED) is 0.554. The zero-order chi connectivity index (χ0) is 27.8. The molecule has 2 aromatic rings. The molecule has 0 aliphatic carbocycles. The number of nitrogens with zero attached hydrogens (tertiary/aromatic N) is 3. The molecule has 0 saturated carbocycles. The van der Waals surface area contributed by atoms with Crippen LogP contribution in [0.5, 0.6) is 0 Å². The van der Waals surface area contributed by atoms with Crippen LogP contribution in [0.2, 0.25) is 5.02 Å². The van der Waals surface area contributed by atoms with Crippen molar-refractivity contribution in [1.29, 1.82) is 0 Å². The number of hydrogen-bond donors (Lipinski definition) is 1. The Morgan fingerprint density at radius 2 is 1.61 bits per heavy atom. The van der Waals surface area contributed by atoms with Gasteiger partial charge in [0.1, 0.15) is 6.04 Å². The first-order valence-electron chi connectivity index (χ1n) is 13.8. The van der Waals surface area contributed by atoms with Crippen LogP contribution in [0, 0.1) is 18.3 Å². The summed E-state index contributed by atoms with van der Waals surface area (Å²) in [5, 5.41) is 0.668. The first-order chi connectivity index (χ1) is 17.9. The molecule has 0 spiro atoms. The molecule has 2 fully saturated rings. The number of piperazine rings is 1. The van der Waals surface area contributed by atoms with Crippen molar-refractivity contribution < 1.29 is 9.59 Å². The summed E-state index contributed by atoms with van der Waals surface area (Å²) in [5.41, 5.74) is 10.6. The Morgan fingerprint density at radius 3 is 2.18 bits per heavy atom. The molecule has 2 aromatic carbocycles. The molecule has 2 heterocycles. The summed E-state index contributed by atoms with van der Waals surface area (Å²) in [6.45, 7) is 15.4. The van der Waals surface area contributed by atoms with Gasteiger partial charge in [-0.1, -0.05) is 76.0 Å². The number of carbonyl (C=O) groups is 2. The van der Waals surface area contributed by atoms with Crippen molar-refractivity contribution in [3.05, 3.63) is 64.2 Å². The Morgan fingerprint density at radius 1 is 0.974 bits per heavy atom. The molecule has 2 aliphatic rings. The van der Waals surface area contributed by atoms with Crippen LogP contribution >= 0.6 is 11.6 Å². The third kappa shape index (κ3) is 5.86. The Bertz CT molecular complexity index is 1150. The molecule has 7 heteroatoms. The van der Waals surface area contributed by atoms with Gasteiger partial charge in [-0.05, 0) is 48.6 Å². The fourth-order valence-electron chi connectivity index (χ4n) is 5.76. The Balaban J connectivity index is 1.55. The predicted octanol–water partition coefficient (Wildman–Crippen LogP) is 5.38. The number of benzene rings is 2. The lowest BCUT2D eigenvalue weighted by Crippen LogP contribution is -2.56. The average Bonchev–Trinajstić information content (AvgIpc) is 3.32. The second kappa shape index (κ2) is 11.3. The van der Waals surface area contributed by atoms with Crippen molar-refractivity contribution in [2.45, 2.75) is 66.0 Å². The minimum Gasteiger partial charge on any atom is -0.368 e. The van der Waals surface area contributed by atoms with E-state index < -0.39 is 11.5 Å². The molecule has 0 unspecified atom stereocenters. The highest BCUT2D eigenvalue weighted by atomic mass is 35.5. The average molecular weight is 539 g/mol. The summed E-state index contributed by atoms with van der Waals surface area (Å²) in [6, 6.07) is 13.7. The van der Waals surface area contributed by atoms with Gasteiger partial charge in [0.25, 0.3) is 0 Å². The summed E-state index contributed by atoms with van der Waals surface area (Å²) in [4.78, 5) is 33.7. The van der Waals surface area contributed by atoms with Gasteiger partial charge in [-0.25, -0.2) is 0 Å². The van der Waals surface area contributed by atoms with Crippen LogP contribution in [0.4, 0.5) is 5.69 Å². The van der Waals surface area contributed by atoms with Crippen molar-refractivity contribution in [2.24, 2.45) is 17.1 Å². The molecule has 0 bridgehead atoms. The van der Waals surface area contributed by atoms with Crippen LogP contribution in [0.15, 0.2) is 42.5 Å². The number of nitrogens with two attached hydrogens (primary N) is 1. The van der Waals surface area contributed by atoms with Gasteiger partial charge >= 0.3 is 0 Å². The third-order valence-electron chi connectivity index (χ3n) is 8.04. The second-order valence-electron chi connectivity index (χ2n) is 12.3. The Hall–Kier alpha value is -2.57. The minimum absolute atomic E-state index is 0.0259. The van der Waals surface area contributed by atoms with E-state index >= 15 is 0 Å². The number of hydrogen-bond acceptors (Lipinski definition) is 4. The summed E-state index contributed by atoms with van der Waals surface area (Å²) in [6.07, 6.45) is 0.764. The van der Waals surface area contributed by atoms with E-state index in [2.05, 4.69) is 43.9 Å². The molecule has 6 nitrogen and oxygen atoms in total. The van der Waals surface area contributed by atoms with E-state index in [9.17, 15) is 9.59 Å². The SMILES string of the molecule is Cc1ccc(N2CCN(C(=O)[C@H]3[C@@H](c4ccc(Cl)cc4)CCN3C(=O)C(C)(C)C)CC2)c([C@@H](N)C(C)C)c1. The van der Waals surface area contributed by atoms with E-state index in [0.717, 1.165) is 30.8 Å². The van der Waals surface area contributed by atoms with Crippen molar-refractivity contribution in [1.82, 2.24) is 9.80 Å². The molecule has 4 rings (SSSR count). The van der Waals surface area contributed by atoms with Gasteiger partial charge in [0, 0.05) is 60.8 Å². The monoisotopic (exact) mass is 538 g/mol. The highest BCUT2D eigenvalue weighted by Crippen LogP contribution is 2.38. The largest absolute Gasteiger partial charge is 0.368 e. The maximum atomic E-state index is 14.1.